The lowest BCUT2D eigenvalue weighted by atomic mass is 10.1. The lowest BCUT2D eigenvalue weighted by Gasteiger charge is -2.08. The number of halogens is 1. The Morgan fingerprint density at radius 2 is 1.70 bits per heavy atom. The van der Waals surface area contributed by atoms with E-state index in [-0.39, 0.29) is 5.82 Å². The van der Waals surface area contributed by atoms with Crippen LogP contribution in [0.5, 0.6) is 0 Å². The fourth-order valence-electron chi connectivity index (χ4n) is 1.94. The van der Waals surface area contributed by atoms with Gasteiger partial charge in [-0.15, -0.1) is 0 Å². The molecular formula is C15H13FN4. The van der Waals surface area contributed by atoms with Gasteiger partial charge in [-0.3, -0.25) is 0 Å². The lowest BCUT2D eigenvalue weighted by Crippen LogP contribution is -2.13. The molecule has 0 spiro atoms. The van der Waals surface area contributed by atoms with Gasteiger partial charge in [0.15, 0.2) is 0 Å². The van der Waals surface area contributed by atoms with E-state index < -0.39 is 6.04 Å². The fourth-order valence-corrected chi connectivity index (χ4v) is 1.94. The maximum Gasteiger partial charge on any atom is 0.123 e. The Bertz CT molecular complexity index is 691. The first-order valence-corrected chi connectivity index (χ1v) is 6.23. The predicted molar refractivity (Wildman–Crippen MR) is 73.8 cm³/mol. The molecule has 0 aliphatic rings. The summed E-state index contributed by atoms with van der Waals surface area (Å²) in [5.41, 5.74) is 8.42. The molecule has 0 saturated carbocycles. The Labute approximate surface area is 115 Å². The second kappa shape index (κ2) is 5.22. The summed E-state index contributed by atoms with van der Waals surface area (Å²) in [5.74, 6) is -0.283. The topological polar surface area (TPSA) is 56.7 Å². The summed E-state index contributed by atoms with van der Waals surface area (Å²) in [7, 11) is 0. The SMILES string of the molecule is NC(c1ccc(F)cc1)c1cnn(-c2ccccc2)n1. The molecule has 2 N–H and O–H groups in total. The normalized spacial score (nSPS) is 12.3. The predicted octanol–water partition coefficient (Wildman–Crippen LogP) is 2.45. The van der Waals surface area contributed by atoms with Gasteiger partial charge in [0, 0.05) is 0 Å². The Balaban J connectivity index is 1.88. The summed E-state index contributed by atoms with van der Waals surface area (Å²) in [6, 6.07) is 15.2. The van der Waals surface area contributed by atoms with Crippen LogP contribution >= 0.6 is 0 Å². The minimum atomic E-state index is -0.423. The largest absolute Gasteiger partial charge is 0.319 e. The Hall–Kier alpha value is -2.53. The summed E-state index contributed by atoms with van der Waals surface area (Å²) >= 11 is 0. The average Bonchev–Trinajstić information content (AvgIpc) is 2.98. The maximum absolute atomic E-state index is 12.9. The molecule has 2 aromatic carbocycles. The molecule has 0 amide bonds. The third kappa shape index (κ3) is 2.44. The Kier molecular flexibility index (Phi) is 3.26. The third-order valence-corrected chi connectivity index (χ3v) is 3.04. The first kappa shape index (κ1) is 12.5. The fraction of sp³-hybridized carbons (Fsp3) is 0.0667. The number of hydrogen-bond acceptors (Lipinski definition) is 3. The van der Waals surface area contributed by atoms with Crippen LogP contribution in [0.4, 0.5) is 4.39 Å². The van der Waals surface area contributed by atoms with Gasteiger partial charge in [0.05, 0.1) is 17.9 Å². The van der Waals surface area contributed by atoms with E-state index >= 15 is 0 Å². The molecule has 3 aromatic rings. The first-order chi connectivity index (χ1) is 9.74. The number of aromatic nitrogens is 3. The van der Waals surface area contributed by atoms with Gasteiger partial charge in [0.2, 0.25) is 0 Å². The summed E-state index contributed by atoms with van der Waals surface area (Å²) in [6.07, 6.45) is 1.63. The average molecular weight is 268 g/mol. The summed E-state index contributed by atoms with van der Waals surface area (Å²) in [5, 5.41) is 8.57. The second-order valence-corrected chi connectivity index (χ2v) is 4.42. The van der Waals surface area contributed by atoms with Crippen LogP contribution in [-0.4, -0.2) is 15.0 Å². The standard InChI is InChI=1S/C15H13FN4/c16-12-8-6-11(7-9-12)15(17)14-10-18-20(19-14)13-4-2-1-3-5-13/h1-10,15H,17H2. The molecule has 100 valence electrons. The van der Waals surface area contributed by atoms with Crippen LogP contribution in [0.15, 0.2) is 60.8 Å². The van der Waals surface area contributed by atoms with Gasteiger partial charge in [-0.05, 0) is 29.8 Å². The third-order valence-electron chi connectivity index (χ3n) is 3.04. The number of nitrogens with zero attached hydrogens (tertiary/aromatic N) is 3. The quantitative estimate of drug-likeness (QED) is 0.793. The number of rotatable bonds is 3. The van der Waals surface area contributed by atoms with E-state index in [9.17, 15) is 4.39 Å². The molecule has 1 atom stereocenters. The van der Waals surface area contributed by atoms with E-state index in [1.165, 1.54) is 16.9 Å². The molecule has 1 unspecified atom stereocenters. The zero-order valence-electron chi connectivity index (χ0n) is 10.6. The van der Waals surface area contributed by atoms with Gasteiger partial charge >= 0.3 is 0 Å². The number of hydrogen-bond donors (Lipinski definition) is 1. The van der Waals surface area contributed by atoms with Crippen LogP contribution in [0.2, 0.25) is 0 Å². The zero-order valence-corrected chi connectivity index (χ0v) is 10.6. The van der Waals surface area contributed by atoms with Crippen molar-refractivity contribution in [1.82, 2.24) is 15.0 Å². The Morgan fingerprint density at radius 1 is 1.00 bits per heavy atom. The first-order valence-electron chi connectivity index (χ1n) is 6.23. The van der Waals surface area contributed by atoms with E-state index in [1.54, 1.807) is 18.3 Å². The monoisotopic (exact) mass is 268 g/mol. The van der Waals surface area contributed by atoms with Gasteiger partial charge in [-0.1, -0.05) is 30.3 Å². The van der Waals surface area contributed by atoms with Crippen LogP contribution in [0.1, 0.15) is 17.3 Å². The van der Waals surface area contributed by atoms with Crippen LogP contribution in [-0.2, 0) is 0 Å². The molecule has 5 heteroatoms. The lowest BCUT2D eigenvalue weighted by molar-refractivity contribution is 0.626. The van der Waals surface area contributed by atoms with Crippen LogP contribution < -0.4 is 5.73 Å². The van der Waals surface area contributed by atoms with Gasteiger partial charge in [0.25, 0.3) is 0 Å². The molecule has 0 aliphatic carbocycles. The van der Waals surface area contributed by atoms with Crippen molar-refractivity contribution in [2.75, 3.05) is 0 Å². The highest BCUT2D eigenvalue weighted by molar-refractivity contribution is 5.30. The molecule has 4 nitrogen and oxygen atoms in total. The molecular weight excluding hydrogens is 255 g/mol. The molecule has 20 heavy (non-hydrogen) atoms. The van der Waals surface area contributed by atoms with E-state index in [1.807, 2.05) is 30.3 Å². The molecule has 0 aliphatic heterocycles. The summed E-state index contributed by atoms with van der Waals surface area (Å²) in [6.45, 7) is 0. The molecule has 0 saturated heterocycles. The van der Waals surface area contributed by atoms with Crippen molar-refractivity contribution >= 4 is 0 Å². The zero-order chi connectivity index (χ0) is 13.9. The van der Waals surface area contributed by atoms with Gasteiger partial charge < -0.3 is 5.73 Å². The van der Waals surface area contributed by atoms with Crippen LogP contribution in [0.3, 0.4) is 0 Å². The van der Waals surface area contributed by atoms with Crippen LogP contribution in [0.25, 0.3) is 5.69 Å². The number of benzene rings is 2. The smallest absolute Gasteiger partial charge is 0.123 e. The van der Waals surface area contributed by atoms with Gasteiger partial charge in [0.1, 0.15) is 11.5 Å². The van der Waals surface area contributed by atoms with E-state index in [2.05, 4.69) is 10.2 Å². The molecule has 3 rings (SSSR count). The Morgan fingerprint density at radius 3 is 2.40 bits per heavy atom. The van der Waals surface area contributed by atoms with E-state index in [4.69, 9.17) is 5.73 Å². The minimum Gasteiger partial charge on any atom is -0.319 e. The van der Waals surface area contributed by atoms with Crippen molar-refractivity contribution in [3.05, 3.63) is 77.9 Å². The highest BCUT2D eigenvalue weighted by Crippen LogP contribution is 2.18. The molecule has 0 fully saturated rings. The van der Waals surface area contributed by atoms with Gasteiger partial charge in [-0.25, -0.2) is 4.39 Å². The van der Waals surface area contributed by atoms with E-state index in [0.29, 0.717) is 5.69 Å². The molecule has 1 aromatic heterocycles. The molecule has 0 bridgehead atoms. The second-order valence-electron chi connectivity index (χ2n) is 4.42. The summed E-state index contributed by atoms with van der Waals surface area (Å²) in [4.78, 5) is 1.53. The van der Waals surface area contributed by atoms with Crippen molar-refractivity contribution in [3.63, 3.8) is 0 Å². The van der Waals surface area contributed by atoms with E-state index in [0.717, 1.165) is 11.3 Å². The molecule has 0 radical (unpaired) electrons. The van der Waals surface area contributed by atoms with Crippen LogP contribution in [0, 0.1) is 5.82 Å². The van der Waals surface area contributed by atoms with Gasteiger partial charge in [-0.2, -0.15) is 15.0 Å². The maximum atomic E-state index is 12.9. The van der Waals surface area contributed by atoms with Crippen molar-refractivity contribution in [1.29, 1.82) is 0 Å². The van der Waals surface area contributed by atoms with Crippen molar-refractivity contribution < 1.29 is 4.39 Å². The number of para-hydroxylation sites is 1. The van der Waals surface area contributed by atoms with Crippen molar-refractivity contribution in [2.24, 2.45) is 5.73 Å². The summed E-state index contributed by atoms with van der Waals surface area (Å²) < 4.78 is 12.9. The highest BCUT2D eigenvalue weighted by Gasteiger charge is 2.13. The molecule has 1 heterocycles. The highest BCUT2D eigenvalue weighted by atomic mass is 19.1. The number of nitrogens with two attached hydrogens (primary N) is 1. The minimum absolute atomic E-state index is 0.283. The van der Waals surface area contributed by atoms with Crippen molar-refractivity contribution in [2.45, 2.75) is 6.04 Å². The van der Waals surface area contributed by atoms with Crippen molar-refractivity contribution in [3.8, 4) is 5.69 Å².